The average Bonchev–Trinajstić information content (AvgIpc) is 3.47. The number of imidazole rings is 2. The van der Waals surface area contributed by atoms with E-state index in [1.807, 2.05) is 6.92 Å². The van der Waals surface area contributed by atoms with Crippen molar-refractivity contribution in [3.63, 3.8) is 0 Å². The van der Waals surface area contributed by atoms with Gasteiger partial charge in [0.25, 0.3) is 0 Å². The van der Waals surface area contributed by atoms with Gasteiger partial charge in [0.15, 0.2) is 0 Å². The van der Waals surface area contributed by atoms with Crippen LogP contribution in [-0.2, 0) is 61.2 Å². The summed E-state index contributed by atoms with van der Waals surface area (Å²) in [4.78, 5) is 18.0. The van der Waals surface area contributed by atoms with E-state index in [-0.39, 0.29) is 40.8 Å². The predicted octanol–water partition coefficient (Wildman–Crippen LogP) is 2.53. The van der Waals surface area contributed by atoms with E-state index in [0.29, 0.717) is 11.8 Å². The molecule has 188 valence electrons. The molecule has 0 saturated heterocycles. The van der Waals surface area contributed by atoms with Gasteiger partial charge in [0, 0.05) is 24.2 Å². The smallest absolute Gasteiger partial charge is 0.0925 e. The van der Waals surface area contributed by atoms with Gasteiger partial charge in [-0.2, -0.15) is 0 Å². The zero-order valence-corrected chi connectivity index (χ0v) is 20.7. The summed E-state index contributed by atoms with van der Waals surface area (Å²) in [7, 11) is 0. The molecule has 0 fully saturated rings. The molecule has 0 aromatic carbocycles. The second-order valence-electron chi connectivity index (χ2n) is 7.20. The molecule has 2 atom stereocenters. The van der Waals surface area contributed by atoms with Crippen LogP contribution in [0.2, 0.25) is 0 Å². The third-order valence-electron chi connectivity index (χ3n) is 4.98. The number of aromatic nitrogens is 4. The van der Waals surface area contributed by atoms with Crippen LogP contribution in [0.5, 0.6) is 0 Å². The minimum Gasteiger partial charge on any atom is -0.506 e. The third-order valence-corrected chi connectivity index (χ3v) is 5.48. The number of aliphatic imine (C=N–C) groups is 1. The van der Waals surface area contributed by atoms with Gasteiger partial charge in [0.1, 0.15) is 0 Å². The molecular weight excluding hydrogens is 490 g/mol. The van der Waals surface area contributed by atoms with Gasteiger partial charge in [-0.05, 0) is 38.8 Å². The fraction of sp³-hybridized carbons (Fsp3) is 0.652. The molecule has 2 aromatic heterocycles. The standard InChI is InChI=1S/C10H16N4.C7H11N3.C3H6N.3CH4.2V/c1-2-11-6-12-5-8-3-9-10(4-8)14-7-13-9;8-3-5-1-6-7(2-5)10-4-9-6;1-3-4-2;;;;;/h7-8,11-12H,2-5H2,1H3,(H,13,14);4-5H,1-3,8H2,(H,9,10);2H,3H2,1H3;3*1H4;;/q;;-1;;;;;. The molecule has 2 aliphatic rings. The summed E-state index contributed by atoms with van der Waals surface area (Å²) in [6.45, 7) is 12.1. The van der Waals surface area contributed by atoms with Crippen LogP contribution in [0.15, 0.2) is 17.6 Å². The van der Waals surface area contributed by atoms with Gasteiger partial charge in [-0.3, -0.25) is 0 Å². The Labute approximate surface area is 222 Å². The minimum atomic E-state index is 0. The van der Waals surface area contributed by atoms with Crippen LogP contribution in [0.3, 0.4) is 0 Å². The van der Waals surface area contributed by atoms with E-state index in [9.17, 15) is 0 Å². The first-order chi connectivity index (χ1) is 14.1. The fourth-order valence-electron chi connectivity index (χ4n) is 3.45. The molecule has 0 bridgehead atoms. The molecule has 6 N–H and O–H groups in total. The Kier molecular flexibility index (Phi) is 22.6. The van der Waals surface area contributed by atoms with Gasteiger partial charge in [0.05, 0.1) is 12.0 Å². The molecule has 2 aliphatic carbocycles. The normalized spacial score (nSPS) is 13.2. The van der Waals surface area contributed by atoms with Crippen molar-refractivity contribution in [2.45, 2.75) is 61.8 Å². The number of nitrogens with two attached hydrogens (primary N) is 1. The van der Waals surface area contributed by atoms with Crippen LogP contribution < -0.4 is 16.4 Å². The van der Waals surface area contributed by atoms with Crippen molar-refractivity contribution in [2.24, 2.45) is 22.6 Å². The van der Waals surface area contributed by atoms with E-state index in [1.165, 1.54) is 22.8 Å². The van der Waals surface area contributed by atoms with Crippen LogP contribution in [0, 0.1) is 11.8 Å². The Morgan fingerprint density at radius 2 is 1.52 bits per heavy atom. The second kappa shape index (κ2) is 20.4. The quantitative estimate of drug-likeness (QED) is 0.276. The number of rotatable bonds is 7. The summed E-state index contributed by atoms with van der Waals surface area (Å²) < 4.78 is 1.11. The monoisotopic (exact) mass is 535 g/mol. The minimum absolute atomic E-state index is 0. The summed E-state index contributed by atoms with van der Waals surface area (Å²) in [5.74, 6) is 1.31. The van der Waals surface area contributed by atoms with E-state index in [4.69, 9.17) is 5.73 Å². The third kappa shape index (κ3) is 12.3. The van der Waals surface area contributed by atoms with Crippen molar-refractivity contribution < 1.29 is 35.5 Å². The molecular formula is C23H45N8V2-. The van der Waals surface area contributed by atoms with Crippen molar-refractivity contribution in [2.75, 3.05) is 26.2 Å². The molecule has 10 heteroatoms. The Balaban J connectivity index is -0.000000441. The van der Waals surface area contributed by atoms with Gasteiger partial charge < -0.3 is 22.4 Å². The van der Waals surface area contributed by atoms with Gasteiger partial charge in [-0.15, -0.1) is 0 Å². The van der Waals surface area contributed by atoms with E-state index >= 15 is 0 Å². The number of fused-ring (bicyclic) bond motifs is 2. The van der Waals surface area contributed by atoms with Gasteiger partial charge >= 0.3 is 98.5 Å². The number of H-pyrrole nitrogens is 2. The SMILES string of the molecule is C.C.C.CCN[C](=[V])NCC1Cc2nc[nH]c2C1.NCC1Cc2nc[nH]c2C1.[CH-]=NCC.[V]. The molecule has 4 rings (SSSR count). The second-order valence-corrected chi connectivity index (χ2v) is 7.90. The summed E-state index contributed by atoms with van der Waals surface area (Å²) in [5.41, 5.74) is 10.6. The molecule has 33 heavy (non-hydrogen) atoms. The number of hydrogen-bond donors (Lipinski definition) is 5. The maximum Gasteiger partial charge on any atom is 0.0925 e. The molecule has 0 saturated carbocycles. The molecule has 8 nitrogen and oxygen atoms in total. The summed E-state index contributed by atoms with van der Waals surface area (Å²) in [6.07, 6.45) is 7.92. The van der Waals surface area contributed by atoms with Crippen LogP contribution in [-0.4, -0.2) is 57.3 Å². The van der Waals surface area contributed by atoms with Crippen molar-refractivity contribution in [3.05, 3.63) is 35.4 Å². The maximum atomic E-state index is 5.53. The molecule has 2 heterocycles. The van der Waals surface area contributed by atoms with Crippen LogP contribution in [0.25, 0.3) is 0 Å². The Morgan fingerprint density at radius 3 is 1.94 bits per heavy atom. The van der Waals surface area contributed by atoms with Gasteiger partial charge in [0.2, 0.25) is 0 Å². The molecule has 0 aliphatic heterocycles. The van der Waals surface area contributed by atoms with Crippen molar-refractivity contribution >= 4 is 11.2 Å². The zero-order valence-electron chi connectivity index (χ0n) is 17.9. The Hall–Kier alpha value is -0.991. The van der Waals surface area contributed by atoms with Crippen molar-refractivity contribution in [1.82, 2.24) is 30.6 Å². The van der Waals surface area contributed by atoms with E-state index in [0.717, 1.165) is 56.3 Å². The number of hydrogen-bond acceptors (Lipinski definition) is 6. The largest absolute Gasteiger partial charge is 0.506 e. The topological polar surface area (TPSA) is 120 Å². The van der Waals surface area contributed by atoms with Crippen molar-refractivity contribution in [3.8, 4) is 0 Å². The molecule has 1 radical (unpaired) electrons. The van der Waals surface area contributed by atoms with Gasteiger partial charge in [-0.1, -0.05) is 22.3 Å². The molecule has 2 aromatic rings. The molecule has 0 spiro atoms. The summed E-state index contributed by atoms with van der Waals surface area (Å²) >= 11 is 2.53. The van der Waals surface area contributed by atoms with E-state index in [1.54, 1.807) is 12.7 Å². The Morgan fingerprint density at radius 1 is 1.03 bits per heavy atom. The summed E-state index contributed by atoms with van der Waals surface area (Å²) in [6, 6.07) is 0. The number of aromatic amines is 2. The number of nitrogens with one attached hydrogen (secondary N) is 4. The maximum absolute atomic E-state index is 5.53. The predicted molar refractivity (Wildman–Crippen MR) is 134 cm³/mol. The molecule has 0 amide bonds. The van der Waals surface area contributed by atoms with E-state index < -0.39 is 0 Å². The Bertz CT molecular complexity index is 718. The van der Waals surface area contributed by atoms with Crippen LogP contribution >= 0.6 is 0 Å². The van der Waals surface area contributed by atoms with Crippen molar-refractivity contribution in [1.29, 1.82) is 0 Å². The molecule has 2 unspecified atom stereocenters. The zero-order chi connectivity index (χ0) is 21.1. The first-order valence-electron chi connectivity index (χ1n) is 10.2. The van der Waals surface area contributed by atoms with E-state index in [2.05, 4.69) is 66.2 Å². The van der Waals surface area contributed by atoms with Crippen LogP contribution in [0.1, 0.15) is 58.9 Å². The first-order valence-corrected chi connectivity index (χ1v) is 10.9. The van der Waals surface area contributed by atoms with Crippen LogP contribution in [0.4, 0.5) is 0 Å². The number of nitrogens with zero attached hydrogens (tertiary/aromatic N) is 3. The average molecular weight is 536 g/mol. The summed E-state index contributed by atoms with van der Waals surface area (Å²) in [5, 5.41) is 6.62. The van der Waals surface area contributed by atoms with Gasteiger partial charge in [-0.25, -0.2) is 4.98 Å². The first kappa shape index (κ1) is 36.6. The fourth-order valence-corrected chi connectivity index (χ4v) is 3.84.